The Morgan fingerprint density at radius 3 is 2.42 bits per heavy atom. The minimum Gasteiger partial charge on any atom is -0.286 e. The number of benzene rings is 2. The van der Waals surface area contributed by atoms with E-state index in [9.17, 15) is 0 Å². The van der Waals surface area contributed by atoms with E-state index in [1.54, 1.807) is 0 Å². The van der Waals surface area contributed by atoms with E-state index in [1.165, 1.54) is 11.1 Å². The summed E-state index contributed by atoms with van der Waals surface area (Å²) in [5.74, 6) is 0. The molecule has 0 spiro atoms. The number of aryl methyl sites for hydroxylation is 1. The van der Waals surface area contributed by atoms with E-state index in [0.29, 0.717) is 6.04 Å². The zero-order valence-corrected chi connectivity index (χ0v) is 10.9. The van der Waals surface area contributed by atoms with Gasteiger partial charge in [-0.05, 0) is 24.0 Å². The van der Waals surface area contributed by atoms with Gasteiger partial charge in [-0.1, -0.05) is 60.7 Å². The fraction of sp³-hybridized carbons (Fsp3) is 0.235. The van der Waals surface area contributed by atoms with Gasteiger partial charge in [0, 0.05) is 6.21 Å². The van der Waals surface area contributed by atoms with E-state index in [1.807, 2.05) is 6.21 Å². The highest BCUT2D eigenvalue weighted by Crippen LogP contribution is 2.34. The van der Waals surface area contributed by atoms with Crippen molar-refractivity contribution in [2.75, 3.05) is 6.54 Å². The largest absolute Gasteiger partial charge is 0.286 e. The third-order valence-corrected chi connectivity index (χ3v) is 3.41. The summed E-state index contributed by atoms with van der Waals surface area (Å²) in [6.45, 7) is 1.05. The first-order valence-electron chi connectivity index (χ1n) is 6.81. The third kappa shape index (κ3) is 3.22. The number of hydrazone groups is 1. The van der Waals surface area contributed by atoms with Gasteiger partial charge in [-0.2, -0.15) is 5.10 Å². The molecule has 1 unspecified atom stereocenters. The molecule has 1 saturated heterocycles. The van der Waals surface area contributed by atoms with Gasteiger partial charge in [0.25, 0.3) is 0 Å². The Labute approximate surface area is 114 Å². The van der Waals surface area contributed by atoms with Gasteiger partial charge < -0.3 is 0 Å². The Kier molecular flexibility index (Phi) is 3.59. The smallest absolute Gasteiger partial charge is 0.0912 e. The summed E-state index contributed by atoms with van der Waals surface area (Å²) in [5.41, 5.74) is 2.74. The van der Waals surface area contributed by atoms with Crippen molar-refractivity contribution in [3.63, 3.8) is 0 Å². The lowest BCUT2D eigenvalue weighted by molar-refractivity contribution is 0.554. The number of hydrogen-bond donors (Lipinski definition) is 0. The Balaban J connectivity index is 1.45. The lowest BCUT2D eigenvalue weighted by atomic mass is 10.1. The SMILES string of the molecule is C(/CCc1ccccc1)=N\N1CC1c1ccccc1. The zero-order chi connectivity index (χ0) is 12.9. The molecule has 0 N–H and O–H groups in total. The van der Waals surface area contributed by atoms with Crippen LogP contribution in [0.15, 0.2) is 65.8 Å². The van der Waals surface area contributed by atoms with Crippen LogP contribution in [0.2, 0.25) is 0 Å². The Hall–Kier alpha value is -2.09. The maximum atomic E-state index is 4.52. The zero-order valence-electron chi connectivity index (χ0n) is 10.9. The molecule has 1 fully saturated rings. The molecule has 96 valence electrons. The van der Waals surface area contributed by atoms with Gasteiger partial charge in [-0.15, -0.1) is 0 Å². The molecule has 0 radical (unpaired) electrons. The maximum Gasteiger partial charge on any atom is 0.0912 e. The van der Waals surface area contributed by atoms with Gasteiger partial charge in [0.1, 0.15) is 0 Å². The van der Waals surface area contributed by atoms with Crippen LogP contribution in [0.4, 0.5) is 0 Å². The molecule has 0 aromatic heterocycles. The second kappa shape index (κ2) is 5.70. The van der Waals surface area contributed by atoms with E-state index < -0.39 is 0 Å². The van der Waals surface area contributed by atoms with Crippen molar-refractivity contribution in [2.24, 2.45) is 5.10 Å². The monoisotopic (exact) mass is 250 g/mol. The number of hydrogen-bond acceptors (Lipinski definition) is 2. The molecular formula is C17H18N2. The van der Waals surface area contributed by atoms with Crippen LogP contribution in [-0.2, 0) is 6.42 Å². The molecule has 2 heteroatoms. The molecule has 1 heterocycles. The van der Waals surface area contributed by atoms with Gasteiger partial charge in [0.2, 0.25) is 0 Å². The lowest BCUT2D eigenvalue weighted by Gasteiger charge is -1.99. The summed E-state index contributed by atoms with van der Waals surface area (Å²) < 4.78 is 0. The molecule has 0 bridgehead atoms. The molecule has 2 nitrogen and oxygen atoms in total. The second-order valence-corrected chi connectivity index (χ2v) is 4.87. The summed E-state index contributed by atoms with van der Waals surface area (Å²) in [7, 11) is 0. The minimum absolute atomic E-state index is 0.495. The van der Waals surface area contributed by atoms with Crippen molar-refractivity contribution in [2.45, 2.75) is 18.9 Å². The predicted molar refractivity (Wildman–Crippen MR) is 79.1 cm³/mol. The van der Waals surface area contributed by atoms with E-state index in [-0.39, 0.29) is 0 Å². The average Bonchev–Trinajstić information content (AvgIpc) is 3.25. The summed E-state index contributed by atoms with van der Waals surface area (Å²) in [4.78, 5) is 0. The molecule has 1 aliphatic heterocycles. The molecule has 19 heavy (non-hydrogen) atoms. The van der Waals surface area contributed by atoms with E-state index in [0.717, 1.165) is 19.4 Å². The van der Waals surface area contributed by atoms with Gasteiger partial charge >= 0.3 is 0 Å². The Morgan fingerprint density at radius 1 is 1.00 bits per heavy atom. The molecule has 0 saturated carbocycles. The molecule has 1 aliphatic rings. The Morgan fingerprint density at radius 2 is 1.68 bits per heavy atom. The van der Waals surface area contributed by atoms with Crippen molar-refractivity contribution in [3.8, 4) is 0 Å². The van der Waals surface area contributed by atoms with Crippen LogP contribution in [0.25, 0.3) is 0 Å². The van der Waals surface area contributed by atoms with Gasteiger partial charge in [-0.25, -0.2) is 0 Å². The molecular weight excluding hydrogens is 232 g/mol. The van der Waals surface area contributed by atoms with E-state index in [4.69, 9.17) is 0 Å². The first-order valence-corrected chi connectivity index (χ1v) is 6.81. The first kappa shape index (κ1) is 12.0. The standard InChI is InChI=1S/C17H18N2/c1-3-8-15(9-4-1)10-7-13-18-19-14-17(19)16-11-5-2-6-12-16/h1-6,8-9,11-13,17H,7,10,14H2/b18-13+. The normalized spacial score (nSPS) is 17.9. The molecule has 2 aromatic carbocycles. The quantitative estimate of drug-likeness (QED) is 0.584. The Bertz CT molecular complexity index is 534. The predicted octanol–water partition coefficient (Wildman–Crippen LogP) is 3.66. The van der Waals surface area contributed by atoms with Gasteiger partial charge in [0.05, 0.1) is 12.6 Å². The summed E-state index contributed by atoms with van der Waals surface area (Å²) in [5, 5.41) is 6.66. The molecule has 3 rings (SSSR count). The summed E-state index contributed by atoms with van der Waals surface area (Å²) in [6.07, 6.45) is 4.10. The fourth-order valence-corrected chi connectivity index (χ4v) is 2.25. The van der Waals surface area contributed by atoms with Crippen LogP contribution in [-0.4, -0.2) is 17.8 Å². The number of rotatable bonds is 5. The average molecular weight is 250 g/mol. The van der Waals surface area contributed by atoms with Crippen LogP contribution >= 0.6 is 0 Å². The second-order valence-electron chi connectivity index (χ2n) is 4.87. The summed E-state index contributed by atoms with van der Waals surface area (Å²) in [6, 6.07) is 21.6. The molecule has 2 aromatic rings. The summed E-state index contributed by atoms with van der Waals surface area (Å²) >= 11 is 0. The highest BCUT2D eigenvalue weighted by molar-refractivity contribution is 5.57. The molecule has 0 amide bonds. The number of nitrogens with zero attached hydrogens (tertiary/aromatic N) is 2. The van der Waals surface area contributed by atoms with Crippen molar-refractivity contribution >= 4 is 6.21 Å². The van der Waals surface area contributed by atoms with Crippen molar-refractivity contribution < 1.29 is 0 Å². The highest BCUT2D eigenvalue weighted by Gasteiger charge is 2.33. The van der Waals surface area contributed by atoms with Crippen LogP contribution in [0, 0.1) is 0 Å². The van der Waals surface area contributed by atoms with Gasteiger partial charge in [-0.3, -0.25) is 5.01 Å². The van der Waals surface area contributed by atoms with Crippen molar-refractivity contribution in [1.29, 1.82) is 0 Å². The van der Waals surface area contributed by atoms with Crippen LogP contribution < -0.4 is 0 Å². The van der Waals surface area contributed by atoms with Crippen LogP contribution in [0.1, 0.15) is 23.6 Å². The third-order valence-electron chi connectivity index (χ3n) is 3.41. The minimum atomic E-state index is 0.495. The first-order chi connectivity index (χ1) is 9.43. The van der Waals surface area contributed by atoms with Crippen LogP contribution in [0.3, 0.4) is 0 Å². The van der Waals surface area contributed by atoms with Crippen LogP contribution in [0.5, 0.6) is 0 Å². The van der Waals surface area contributed by atoms with E-state index >= 15 is 0 Å². The van der Waals surface area contributed by atoms with E-state index in [2.05, 4.69) is 70.8 Å². The molecule has 1 atom stereocenters. The highest BCUT2D eigenvalue weighted by atomic mass is 15.6. The maximum absolute atomic E-state index is 4.52. The fourth-order valence-electron chi connectivity index (χ4n) is 2.25. The van der Waals surface area contributed by atoms with Gasteiger partial charge in [0.15, 0.2) is 0 Å². The van der Waals surface area contributed by atoms with Crippen molar-refractivity contribution in [3.05, 3.63) is 71.8 Å². The molecule has 0 aliphatic carbocycles. The van der Waals surface area contributed by atoms with Crippen molar-refractivity contribution in [1.82, 2.24) is 5.01 Å². The topological polar surface area (TPSA) is 15.4 Å². The lowest BCUT2D eigenvalue weighted by Crippen LogP contribution is -1.91.